The minimum atomic E-state index is -0.286. The van der Waals surface area contributed by atoms with Crippen LogP contribution in [0.15, 0.2) is 48.5 Å². The Hall–Kier alpha value is -2.20. The average Bonchev–Trinajstić information content (AvgIpc) is 2.46. The van der Waals surface area contributed by atoms with Gasteiger partial charge in [-0.25, -0.2) is 4.39 Å². The third kappa shape index (κ3) is 3.63. The van der Waals surface area contributed by atoms with Gasteiger partial charge in [-0.3, -0.25) is 4.79 Å². The Morgan fingerprint density at radius 1 is 1.11 bits per heavy atom. The molecule has 0 aliphatic heterocycles. The van der Waals surface area contributed by atoms with Crippen LogP contribution in [-0.2, 0) is 13.1 Å². The highest BCUT2D eigenvalue weighted by atomic mass is 19.1. The van der Waals surface area contributed by atoms with Gasteiger partial charge >= 0.3 is 0 Å². The Morgan fingerprint density at radius 2 is 1.84 bits per heavy atom. The van der Waals surface area contributed by atoms with Crippen LogP contribution in [0.5, 0.6) is 0 Å². The first kappa shape index (κ1) is 13.2. The zero-order valence-electron chi connectivity index (χ0n) is 10.4. The fourth-order valence-electron chi connectivity index (χ4n) is 1.73. The molecule has 0 aliphatic rings. The molecule has 3 N–H and O–H groups in total. The van der Waals surface area contributed by atoms with Crippen LogP contribution in [0.2, 0.25) is 0 Å². The summed E-state index contributed by atoms with van der Waals surface area (Å²) in [5, 5.41) is 2.78. The smallest absolute Gasteiger partial charge is 0.251 e. The molecule has 1 amide bonds. The van der Waals surface area contributed by atoms with Gasteiger partial charge in [-0.2, -0.15) is 0 Å². The fraction of sp³-hybridized carbons (Fsp3) is 0.133. The van der Waals surface area contributed by atoms with E-state index >= 15 is 0 Å². The van der Waals surface area contributed by atoms with Crippen LogP contribution in [0.4, 0.5) is 4.39 Å². The molecule has 2 rings (SSSR count). The molecule has 0 heterocycles. The van der Waals surface area contributed by atoms with Crippen molar-refractivity contribution in [1.29, 1.82) is 0 Å². The van der Waals surface area contributed by atoms with Crippen molar-refractivity contribution < 1.29 is 9.18 Å². The van der Waals surface area contributed by atoms with Crippen molar-refractivity contribution in [2.75, 3.05) is 0 Å². The molecule has 0 radical (unpaired) electrons. The Morgan fingerprint density at radius 3 is 2.53 bits per heavy atom. The van der Waals surface area contributed by atoms with Crippen molar-refractivity contribution in [3.05, 3.63) is 71.0 Å². The lowest BCUT2D eigenvalue weighted by Crippen LogP contribution is -2.22. The summed E-state index contributed by atoms with van der Waals surface area (Å²) in [6.45, 7) is 0.769. The number of rotatable bonds is 4. The van der Waals surface area contributed by atoms with Crippen LogP contribution < -0.4 is 11.1 Å². The monoisotopic (exact) mass is 258 g/mol. The second-order valence-electron chi connectivity index (χ2n) is 4.21. The van der Waals surface area contributed by atoms with Crippen LogP contribution in [0.3, 0.4) is 0 Å². The van der Waals surface area contributed by atoms with Crippen molar-refractivity contribution in [3.8, 4) is 0 Å². The van der Waals surface area contributed by atoms with Crippen molar-refractivity contribution in [1.82, 2.24) is 5.32 Å². The molecular formula is C15H15FN2O. The second kappa shape index (κ2) is 6.11. The number of hydrogen-bond acceptors (Lipinski definition) is 2. The molecule has 0 saturated carbocycles. The number of carbonyl (C=O) groups excluding carboxylic acids is 1. The van der Waals surface area contributed by atoms with E-state index in [1.165, 1.54) is 12.1 Å². The molecule has 19 heavy (non-hydrogen) atoms. The molecule has 2 aromatic carbocycles. The van der Waals surface area contributed by atoms with E-state index in [0.29, 0.717) is 18.7 Å². The first-order chi connectivity index (χ1) is 9.19. The van der Waals surface area contributed by atoms with E-state index in [9.17, 15) is 9.18 Å². The van der Waals surface area contributed by atoms with Gasteiger partial charge in [0.15, 0.2) is 0 Å². The zero-order valence-corrected chi connectivity index (χ0v) is 10.4. The number of amides is 1. The van der Waals surface area contributed by atoms with Crippen molar-refractivity contribution >= 4 is 5.91 Å². The molecular weight excluding hydrogens is 243 g/mol. The molecule has 0 atom stereocenters. The Balaban J connectivity index is 1.99. The predicted molar refractivity (Wildman–Crippen MR) is 71.9 cm³/mol. The quantitative estimate of drug-likeness (QED) is 0.883. The number of nitrogens with two attached hydrogens (primary N) is 1. The molecule has 2 aromatic rings. The summed E-state index contributed by atoms with van der Waals surface area (Å²) in [6.07, 6.45) is 0. The average molecular weight is 258 g/mol. The molecule has 0 fully saturated rings. The van der Waals surface area contributed by atoms with E-state index in [1.54, 1.807) is 30.3 Å². The fourth-order valence-corrected chi connectivity index (χ4v) is 1.73. The summed E-state index contributed by atoms with van der Waals surface area (Å²) in [5.74, 6) is -0.453. The van der Waals surface area contributed by atoms with Gasteiger partial charge in [-0.1, -0.05) is 24.3 Å². The van der Waals surface area contributed by atoms with Gasteiger partial charge in [0.25, 0.3) is 5.91 Å². The SMILES string of the molecule is NCc1cccc(C(=O)NCc2ccc(F)cc2)c1. The van der Waals surface area contributed by atoms with E-state index in [-0.39, 0.29) is 11.7 Å². The maximum atomic E-state index is 12.7. The molecule has 0 aromatic heterocycles. The lowest BCUT2D eigenvalue weighted by Gasteiger charge is -2.06. The highest BCUT2D eigenvalue weighted by Gasteiger charge is 2.05. The van der Waals surface area contributed by atoms with Crippen molar-refractivity contribution in [2.45, 2.75) is 13.1 Å². The summed E-state index contributed by atoms with van der Waals surface area (Å²) in [6, 6.07) is 13.2. The predicted octanol–water partition coefficient (Wildman–Crippen LogP) is 2.21. The summed E-state index contributed by atoms with van der Waals surface area (Å²) >= 11 is 0. The third-order valence-corrected chi connectivity index (χ3v) is 2.79. The summed E-state index contributed by atoms with van der Waals surface area (Å²) in [7, 11) is 0. The lowest BCUT2D eigenvalue weighted by atomic mass is 10.1. The molecule has 0 bridgehead atoms. The van der Waals surface area contributed by atoms with Crippen molar-refractivity contribution in [2.24, 2.45) is 5.73 Å². The van der Waals surface area contributed by atoms with Gasteiger partial charge in [0.05, 0.1) is 0 Å². The van der Waals surface area contributed by atoms with Crippen LogP contribution >= 0.6 is 0 Å². The molecule has 98 valence electrons. The van der Waals surface area contributed by atoms with E-state index < -0.39 is 0 Å². The number of nitrogens with one attached hydrogen (secondary N) is 1. The maximum Gasteiger partial charge on any atom is 0.251 e. The van der Waals surface area contributed by atoms with Gasteiger partial charge in [-0.05, 0) is 35.4 Å². The summed E-state index contributed by atoms with van der Waals surface area (Å²) in [4.78, 5) is 11.9. The van der Waals surface area contributed by atoms with Gasteiger partial charge in [-0.15, -0.1) is 0 Å². The molecule has 0 saturated heterocycles. The minimum Gasteiger partial charge on any atom is -0.348 e. The van der Waals surface area contributed by atoms with Gasteiger partial charge in [0, 0.05) is 18.7 Å². The summed E-state index contributed by atoms with van der Waals surface area (Å²) in [5.41, 5.74) is 7.87. The third-order valence-electron chi connectivity index (χ3n) is 2.79. The highest BCUT2D eigenvalue weighted by molar-refractivity contribution is 5.94. The molecule has 4 heteroatoms. The van der Waals surface area contributed by atoms with Gasteiger partial charge < -0.3 is 11.1 Å². The number of hydrogen-bond donors (Lipinski definition) is 2. The van der Waals surface area contributed by atoms with Gasteiger partial charge in [0.2, 0.25) is 0 Å². The minimum absolute atomic E-state index is 0.167. The van der Waals surface area contributed by atoms with E-state index in [1.807, 2.05) is 6.07 Å². The van der Waals surface area contributed by atoms with Crippen molar-refractivity contribution in [3.63, 3.8) is 0 Å². The normalized spacial score (nSPS) is 10.2. The molecule has 0 spiro atoms. The number of benzene rings is 2. The zero-order chi connectivity index (χ0) is 13.7. The first-order valence-corrected chi connectivity index (χ1v) is 6.00. The summed E-state index contributed by atoms with van der Waals surface area (Å²) < 4.78 is 12.7. The Labute approximate surface area is 111 Å². The lowest BCUT2D eigenvalue weighted by molar-refractivity contribution is 0.0951. The van der Waals surface area contributed by atoms with E-state index in [4.69, 9.17) is 5.73 Å². The second-order valence-corrected chi connectivity index (χ2v) is 4.21. The largest absolute Gasteiger partial charge is 0.348 e. The van der Waals surface area contributed by atoms with Crippen LogP contribution in [0.25, 0.3) is 0 Å². The highest BCUT2D eigenvalue weighted by Crippen LogP contribution is 2.06. The number of halogens is 1. The molecule has 3 nitrogen and oxygen atoms in total. The van der Waals surface area contributed by atoms with E-state index in [2.05, 4.69) is 5.32 Å². The molecule has 0 aliphatic carbocycles. The maximum absolute atomic E-state index is 12.7. The molecule has 0 unspecified atom stereocenters. The van der Waals surface area contributed by atoms with Gasteiger partial charge in [0.1, 0.15) is 5.82 Å². The van der Waals surface area contributed by atoms with Crippen LogP contribution in [0.1, 0.15) is 21.5 Å². The number of carbonyl (C=O) groups is 1. The Bertz CT molecular complexity index is 567. The standard InChI is InChI=1S/C15H15FN2O/c16-14-6-4-11(5-7-14)10-18-15(19)13-3-1-2-12(8-13)9-17/h1-8H,9-10,17H2,(H,18,19). The topological polar surface area (TPSA) is 55.1 Å². The van der Waals surface area contributed by atoms with E-state index in [0.717, 1.165) is 11.1 Å². The first-order valence-electron chi connectivity index (χ1n) is 6.00. The van der Waals surface area contributed by atoms with Crippen LogP contribution in [-0.4, -0.2) is 5.91 Å². The van der Waals surface area contributed by atoms with Crippen LogP contribution in [0, 0.1) is 5.82 Å². The Kier molecular flexibility index (Phi) is 4.26.